The number of hydrogen-bond acceptors (Lipinski definition) is 5. The molecule has 0 radical (unpaired) electrons. The van der Waals surface area contributed by atoms with E-state index in [1.54, 1.807) is 0 Å². The Morgan fingerprint density at radius 1 is 1.11 bits per heavy atom. The number of rotatable bonds is 4. The van der Waals surface area contributed by atoms with Gasteiger partial charge in [0, 0.05) is 43.5 Å². The zero-order chi connectivity index (χ0) is 20.2. The van der Waals surface area contributed by atoms with Crippen LogP contribution in [0.2, 0.25) is 0 Å². The van der Waals surface area contributed by atoms with E-state index in [9.17, 15) is 24.3 Å². The number of Topliss-reactive ketones (excluding diaryl/α,β-unsaturated/α-hetero) is 3. The third kappa shape index (κ3) is 3.05. The van der Waals surface area contributed by atoms with Crippen LogP contribution in [0.1, 0.15) is 71.6 Å². The van der Waals surface area contributed by atoms with E-state index in [0.717, 1.165) is 19.3 Å². The molecule has 4 fully saturated rings. The molecule has 0 aliphatic heterocycles. The number of carboxylic acids is 1. The van der Waals surface area contributed by atoms with Crippen LogP contribution in [0.3, 0.4) is 0 Å². The summed E-state index contributed by atoms with van der Waals surface area (Å²) < 4.78 is 0. The predicted octanol–water partition coefficient (Wildman–Crippen LogP) is 2.35. The number of aliphatic carboxylic acids is 1. The summed E-state index contributed by atoms with van der Waals surface area (Å²) in [4.78, 5) is 49.2. The standard InChI is InChI=1S/C23H32O5/c1-12(3-6-20(27)28)15-4-5-16-21(15)19(26)11-17-22(16)18(25)10-13-9-14(24)7-8-23(13,17)2/h12-13,15-17,21-22H,3-11H2,1-2H3,(H,27,28)/p-1/t12-,13+,15-,16-,17+,21?,22+,23+/m1/s1. The summed E-state index contributed by atoms with van der Waals surface area (Å²) in [6.45, 7) is 4.26. The lowest BCUT2D eigenvalue weighted by Crippen LogP contribution is -2.57. The molecule has 0 N–H and O–H groups in total. The van der Waals surface area contributed by atoms with E-state index in [0.29, 0.717) is 32.1 Å². The van der Waals surface area contributed by atoms with E-state index >= 15 is 0 Å². The quantitative estimate of drug-likeness (QED) is 0.738. The number of carbonyl (C=O) groups excluding carboxylic acids is 4. The van der Waals surface area contributed by atoms with Crippen LogP contribution in [-0.2, 0) is 19.2 Å². The van der Waals surface area contributed by atoms with Crippen molar-refractivity contribution in [3.8, 4) is 0 Å². The average Bonchev–Trinajstić information content (AvgIpc) is 3.07. The molecule has 28 heavy (non-hydrogen) atoms. The van der Waals surface area contributed by atoms with Crippen LogP contribution in [0.25, 0.3) is 0 Å². The molecule has 0 saturated heterocycles. The van der Waals surface area contributed by atoms with Crippen molar-refractivity contribution in [2.24, 2.45) is 46.8 Å². The SMILES string of the molecule is C[C@H](CCC(=O)[O-])[C@H]1CC[C@@H]2C1C(=O)C[C@H]1[C@H]2C(=O)C[C@@H]2CC(=O)CC[C@@]21C. The number of carboxylic acid groups (broad SMARTS) is 1. The fourth-order valence-corrected chi connectivity index (χ4v) is 7.42. The highest BCUT2D eigenvalue weighted by Gasteiger charge is 2.61. The van der Waals surface area contributed by atoms with Gasteiger partial charge in [0.1, 0.15) is 17.3 Å². The summed E-state index contributed by atoms with van der Waals surface area (Å²) >= 11 is 0. The summed E-state index contributed by atoms with van der Waals surface area (Å²) in [6.07, 6.45) is 5.20. The molecule has 0 heterocycles. The van der Waals surface area contributed by atoms with Gasteiger partial charge in [-0.15, -0.1) is 0 Å². The van der Waals surface area contributed by atoms with Crippen LogP contribution in [0, 0.1) is 46.8 Å². The van der Waals surface area contributed by atoms with Crippen molar-refractivity contribution in [3.63, 3.8) is 0 Å². The second kappa shape index (κ2) is 7.07. The molecule has 0 amide bonds. The van der Waals surface area contributed by atoms with Gasteiger partial charge < -0.3 is 9.90 Å². The number of hydrogen-bond donors (Lipinski definition) is 0. The highest BCUT2D eigenvalue weighted by molar-refractivity contribution is 5.91. The first-order valence-corrected chi connectivity index (χ1v) is 11.0. The summed E-state index contributed by atoms with van der Waals surface area (Å²) in [5, 5.41) is 10.8. The Morgan fingerprint density at radius 2 is 1.82 bits per heavy atom. The van der Waals surface area contributed by atoms with E-state index < -0.39 is 5.97 Å². The Morgan fingerprint density at radius 3 is 2.54 bits per heavy atom. The predicted molar refractivity (Wildman–Crippen MR) is 99.8 cm³/mol. The molecular weight excluding hydrogens is 356 g/mol. The highest BCUT2D eigenvalue weighted by Crippen LogP contribution is 2.62. The molecule has 154 valence electrons. The zero-order valence-corrected chi connectivity index (χ0v) is 16.9. The van der Waals surface area contributed by atoms with Crippen molar-refractivity contribution in [2.75, 3.05) is 0 Å². The smallest absolute Gasteiger partial charge is 0.136 e. The van der Waals surface area contributed by atoms with Crippen LogP contribution >= 0.6 is 0 Å². The van der Waals surface area contributed by atoms with Crippen molar-refractivity contribution in [1.82, 2.24) is 0 Å². The van der Waals surface area contributed by atoms with Crippen molar-refractivity contribution < 1.29 is 24.3 Å². The Balaban J connectivity index is 1.58. The monoisotopic (exact) mass is 387 g/mol. The largest absolute Gasteiger partial charge is 0.550 e. The van der Waals surface area contributed by atoms with Crippen LogP contribution in [-0.4, -0.2) is 23.3 Å². The average molecular weight is 387 g/mol. The molecule has 8 atom stereocenters. The lowest BCUT2D eigenvalue weighted by Gasteiger charge is -2.56. The van der Waals surface area contributed by atoms with Gasteiger partial charge in [0.15, 0.2) is 0 Å². The maximum Gasteiger partial charge on any atom is 0.136 e. The fraction of sp³-hybridized carbons (Fsp3) is 0.826. The first kappa shape index (κ1) is 19.8. The zero-order valence-electron chi connectivity index (χ0n) is 16.9. The number of ketones is 3. The third-order valence-electron chi connectivity index (χ3n) is 8.99. The third-order valence-corrected chi connectivity index (χ3v) is 8.99. The van der Waals surface area contributed by atoms with Crippen LogP contribution in [0.15, 0.2) is 0 Å². The molecule has 0 bridgehead atoms. The van der Waals surface area contributed by atoms with Crippen molar-refractivity contribution in [1.29, 1.82) is 0 Å². The van der Waals surface area contributed by atoms with E-state index in [2.05, 4.69) is 6.92 Å². The van der Waals surface area contributed by atoms with Gasteiger partial charge in [0.25, 0.3) is 0 Å². The van der Waals surface area contributed by atoms with E-state index in [4.69, 9.17) is 0 Å². The Bertz CT molecular complexity index is 712. The van der Waals surface area contributed by atoms with Gasteiger partial charge >= 0.3 is 0 Å². The normalized spacial score (nSPS) is 43.9. The Kier molecular flexibility index (Phi) is 4.99. The van der Waals surface area contributed by atoms with Crippen LogP contribution < -0.4 is 5.11 Å². The van der Waals surface area contributed by atoms with Crippen molar-refractivity contribution in [3.05, 3.63) is 0 Å². The lowest BCUT2D eigenvalue weighted by molar-refractivity contribution is -0.306. The summed E-state index contributed by atoms with van der Waals surface area (Å²) in [7, 11) is 0. The lowest BCUT2D eigenvalue weighted by atomic mass is 9.46. The number of carbonyl (C=O) groups is 4. The molecule has 4 aliphatic carbocycles. The molecular formula is C23H31O5-. The first-order valence-electron chi connectivity index (χ1n) is 11.0. The molecule has 0 aromatic rings. The molecule has 1 unspecified atom stereocenters. The fourth-order valence-electron chi connectivity index (χ4n) is 7.42. The molecule has 4 aliphatic rings. The molecule has 5 nitrogen and oxygen atoms in total. The molecule has 4 saturated carbocycles. The Labute approximate surface area is 166 Å². The minimum atomic E-state index is -1.04. The van der Waals surface area contributed by atoms with E-state index in [1.165, 1.54) is 0 Å². The first-order chi connectivity index (χ1) is 13.2. The maximum atomic E-state index is 13.3. The van der Waals surface area contributed by atoms with Crippen LogP contribution in [0.5, 0.6) is 0 Å². The van der Waals surface area contributed by atoms with Gasteiger partial charge in [-0.25, -0.2) is 0 Å². The summed E-state index contributed by atoms with van der Waals surface area (Å²) in [6, 6.07) is 0. The minimum Gasteiger partial charge on any atom is -0.550 e. The van der Waals surface area contributed by atoms with Crippen molar-refractivity contribution >= 4 is 23.3 Å². The van der Waals surface area contributed by atoms with Gasteiger partial charge in [0.2, 0.25) is 0 Å². The molecule has 5 heteroatoms. The van der Waals surface area contributed by atoms with Gasteiger partial charge in [-0.2, -0.15) is 0 Å². The highest BCUT2D eigenvalue weighted by atomic mass is 16.4. The number of fused-ring (bicyclic) bond motifs is 5. The van der Waals surface area contributed by atoms with Gasteiger partial charge in [-0.05, 0) is 67.1 Å². The van der Waals surface area contributed by atoms with Gasteiger partial charge in [-0.1, -0.05) is 13.8 Å². The topological polar surface area (TPSA) is 91.3 Å². The van der Waals surface area contributed by atoms with E-state index in [1.807, 2.05) is 6.92 Å². The second-order valence-electron chi connectivity index (χ2n) is 10.2. The summed E-state index contributed by atoms with van der Waals surface area (Å²) in [5.74, 6) is 0.275. The molecule has 0 aromatic carbocycles. The minimum absolute atomic E-state index is 0.0298. The summed E-state index contributed by atoms with van der Waals surface area (Å²) in [5.41, 5.74) is -0.0776. The van der Waals surface area contributed by atoms with Crippen molar-refractivity contribution in [2.45, 2.75) is 71.6 Å². The molecule has 0 spiro atoms. The maximum absolute atomic E-state index is 13.3. The van der Waals surface area contributed by atoms with Gasteiger partial charge in [0.05, 0.1) is 0 Å². The van der Waals surface area contributed by atoms with Gasteiger partial charge in [-0.3, -0.25) is 14.4 Å². The Hall–Kier alpha value is -1.52. The van der Waals surface area contributed by atoms with Crippen LogP contribution in [0.4, 0.5) is 0 Å². The molecule has 4 rings (SSSR count). The molecule has 0 aromatic heterocycles. The van der Waals surface area contributed by atoms with E-state index in [-0.39, 0.29) is 70.6 Å². The second-order valence-corrected chi connectivity index (χ2v) is 10.2.